The van der Waals surface area contributed by atoms with Crippen LogP contribution in [0.5, 0.6) is 0 Å². The third-order valence-corrected chi connectivity index (χ3v) is 0.521. The third kappa shape index (κ3) is 2.25. The molecular weight excluding hydrogens is 110 g/mol. The van der Waals surface area contributed by atoms with E-state index in [1.54, 1.807) is 0 Å². The molecule has 0 heterocycles. The molecule has 5 nitrogen and oxygen atoms in total. The highest BCUT2D eigenvalue weighted by molar-refractivity contribution is 5.22. The summed E-state index contributed by atoms with van der Waals surface area (Å²) in [6.07, 6.45) is -0.910. The minimum absolute atomic E-state index is 0.910. The van der Waals surface area contributed by atoms with Gasteiger partial charge in [-0.1, -0.05) is 0 Å². The number of nitroso groups, excluding NO2 is 1. The SMILES string of the molecule is C=NNC(N=O)OC. The Balaban J connectivity index is 3.35. The lowest BCUT2D eigenvalue weighted by Gasteiger charge is -2.02. The van der Waals surface area contributed by atoms with Gasteiger partial charge in [-0.15, -0.1) is 4.91 Å². The number of rotatable bonds is 4. The van der Waals surface area contributed by atoms with E-state index < -0.39 is 6.35 Å². The highest BCUT2D eigenvalue weighted by atomic mass is 16.5. The molecule has 0 aromatic rings. The Morgan fingerprint density at radius 2 is 2.50 bits per heavy atom. The summed E-state index contributed by atoms with van der Waals surface area (Å²) in [6.45, 7) is 3.06. The average molecular weight is 117 g/mol. The predicted octanol–water partition coefficient (Wildman–Crippen LogP) is -0.112. The van der Waals surface area contributed by atoms with Gasteiger partial charge in [-0.25, -0.2) is 0 Å². The van der Waals surface area contributed by atoms with Crippen LogP contribution < -0.4 is 5.43 Å². The summed E-state index contributed by atoms with van der Waals surface area (Å²) in [4.78, 5) is 9.60. The lowest BCUT2D eigenvalue weighted by molar-refractivity contribution is 0.0816. The van der Waals surface area contributed by atoms with Gasteiger partial charge in [0, 0.05) is 13.8 Å². The predicted molar refractivity (Wildman–Crippen MR) is 29.3 cm³/mol. The number of nitrogens with zero attached hydrogens (tertiary/aromatic N) is 2. The van der Waals surface area contributed by atoms with Crippen LogP contribution in [0.2, 0.25) is 0 Å². The zero-order chi connectivity index (χ0) is 6.41. The van der Waals surface area contributed by atoms with Gasteiger partial charge in [0.05, 0.1) is 0 Å². The molecule has 1 atom stereocenters. The van der Waals surface area contributed by atoms with Crippen LogP contribution in [0, 0.1) is 4.91 Å². The number of ether oxygens (including phenoxy) is 1. The minimum Gasteiger partial charge on any atom is -0.339 e. The van der Waals surface area contributed by atoms with Gasteiger partial charge in [0.1, 0.15) is 0 Å². The van der Waals surface area contributed by atoms with Gasteiger partial charge >= 0.3 is 0 Å². The van der Waals surface area contributed by atoms with Gasteiger partial charge in [0.25, 0.3) is 6.35 Å². The van der Waals surface area contributed by atoms with Crippen molar-refractivity contribution in [2.45, 2.75) is 6.35 Å². The molecule has 1 N–H and O–H groups in total. The smallest absolute Gasteiger partial charge is 0.280 e. The summed E-state index contributed by atoms with van der Waals surface area (Å²) in [5, 5.41) is 5.64. The van der Waals surface area contributed by atoms with Gasteiger partial charge in [-0.3, -0.25) is 5.43 Å². The van der Waals surface area contributed by atoms with Crippen molar-refractivity contribution in [1.82, 2.24) is 5.43 Å². The monoisotopic (exact) mass is 117 g/mol. The van der Waals surface area contributed by atoms with Gasteiger partial charge in [0.15, 0.2) is 0 Å². The molecule has 0 amide bonds. The van der Waals surface area contributed by atoms with Crippen LogP contribution in [-0.2, 0) is 4.74 Å². The van der Waals surface area contributed by atoms with Crippen molar-refractivity contribution < 1.29 is 4.74 Å². The number of methoxy groups -OCH3 is 1. The molecule has 0 spiro atoms. The Bertz CT molecular complexity index is 84.6. The molecular formula is C3H7N3O2. The summed E-state index contributed by atoms with van der Waals surface area (Å²) >= 11 is 0. The van der Waals surface area contributed by atoms with E-state index in [9.17, 15) is 4.91 Å². The zero-order valence-corrected chi connectivity index (χ0v) is 4.50. The van der Waals surface area contributed by atoms with Gasteiger partial charge in [-0.05, 0) is 5.18 Å². The van der Waals surface area contributed by atoms with Crippen LogP contribution in [0.15, 0.2) is 10.3 Å². The third-order valence-electron chi connectivity index (χ3n) is 0.521. The Morgan fingerprint density at radius 3 is 2.62 bits per heavy atom. The molecule has 46 valence electrons. The topological polar surface area (TPSA) is 63.0 Å². The second-order valence-electron chi connectivity index (χ2n) is 0.981. The van der Waals surface area contributed by atoms with Gasteiger partial charge in [0.2, 0.25) is 0 Å². The Hall–Kier alpha value is -0.970. The standard InChI is InChI=1S/C3H7N3O2/c1-4-5-3(6-7)8-2/h3,5H,1H2,2H3. The lowest BCUT2D eigenvalue weighted by atomic mass is 11.0. The molecule has 0 aromatic carbocycles. The molecule has 0 aromatic heterocycles. The van der Waals surface area contributed by atoms with Crippen LogP contribution in [0.25, 0.3) is 0 Å². The molecule has 0 bridgehead atoms. The Labute approximate surface area is 46.7 Å². The number of hydrazone groups is 1. The van der Waals surface area contributed by atoms with Crippen molar-refractivity contribution >= 4 is 6.72 Å². The van der Waals surface area contributed by atoms with Crippen LogP contribution in [0.4, 0.5) is 0 Å². The highest BCUT2D eigenvalue weighted by Gasteiger charge is 1.99. The number of hydrogen-bond donors (Lipinski definition) is 1. The Kier molecular flexibility index (Phi) is 3.69. The van der Waals surface area contributed by atoms with E-state index >= 15 is 0 Å². The quantitative estimate of drug-likeness (QED) is 0.242. The molecule has 0 aliphatic heterocycles. The van der Waals surface area contributed by atoms with Gasteiger partial charge < -0.3 is 4.74 Å². The highest BCUT2D eigenvalue weighted by Crippen LogP contribution is 1.82. The van der Waals surface area contributed by atoms with Crippen LogP contribution in [0.3, 0.4) is 0 Å². The molecule has 0 saturated heterocycles. The van der Waals surface area contributed by atoms with E-state index in [4.69, 9.17) is 0 Å². The summed E-state index contributed by atoms with van der Waals surface area (Å²) in [5.41, 5.74) is 2.19. The molecule has 0 aliphatic carbocycles. The summed E-state index contributed by atoms with van der Waals surface area (Å²) in [6, 6.07) is 0. The maximum absolute atomic E-state index is 9.60. The summed E-state index contributed by atoms with van der Waals surface area (Å²) in [5.74, 6) is 0. The fourth-order valence-corrected chi connectivity index (χ4v) is 0.197. The molecule has 0 rings (SSSR count). The largest absolute Gasteiger partial charge is 0.339 e. The first kappa shape index (κ1) is 7.03. The van der Waals surface area contributed by atoms with Crippen LogP contribution in [-0.4, -0.2) is 20.2 Å². The van der Waals surface area contributed by atoms with Crippen molar-refractivity contribution in [2.24, 2.45) is 10.3 Å². The van der Waals surface area contributed by atoms with E-state index in [1.807, 2.05) is 0 Å². The van der Waals surface area contributed by atoms with Crippen molar-refractivity contribution in [3.05, 3.63) is 4.91 Å². The number of nitrogens with one attached hydrogen (secondary N) is 1. The fraction of sp³-hybridized carbons (Fsp3) is 0.667. The van der Waals surface area contributed by atoms with Gasteiger partial charge in [-0.2, -0.15) is 5.10 Å². The normalized spacial score (nSPS) is 12.1. The molecule has 5 heteroatoms. The van der Waals surface area contributed by atoms with Crippen LogP contribution >= 0.6 is 0 Å². The van der Waals surface area contributed by atoms with E-state index in [-0.39, 0.29) is 0 Å². The molecule has 8 heavy (non-hydrogen) atoms. The molecule has 0 saturated carbocycles. The van der Waals surface area contributed by atoms with E-state index in [0.717, 1.165) is 0 Å². The van der Waals surface area contributed by atoms with E-state index in [0.29, 0.717) is 0 Å². The molecule has 1 unspecified atom stereocenters. The van der Waals surface area contributed by atoms with Crippen molar-refractivity contribution in [3.63, 3.8) is 0 Å². The molecule has 0 radical (unpaired) electrons. The lowest BCUT2D eigenvalue weighted by Crippen LogP contribution is -2.22. The first-order valence-electron chi connectivity index (χ1n) is 1.91. The second kappa shape index (κ2) is 4.20. The Morgan fingerprint density at radius 1 is 1.88 bits per heavy atom. The fourth-order valence-electron chi connectivity index (χ4n) is 0.197. The van der Waals surface area contributed by atoms with Crippen molar-refractivity contribution in [3.8, 4) is 0 Å². The minimum atomic E-state index is -0.910. The molecule has 0 fully saturated rings. The maximum atomic E-state index is 9.60. The van der Waals surface area contributed by atoms with Crippen molar-refractivity contribution in [1.29, 1.82) is 0 Å². The first-order chi connectivity index (χ1) is 3.85. The summed E-state index contributed by atoms with van der Waals surface area (Å²) < 4.78 is 4.42. The average Bonchev–Trinajstić information content (AvgIpc) is 1.83. The van der Waals surface area contributed by atoms with E-state index in [1.165, 1.54) is 7.11 Å². The second-order valence-corrected chi connectivity index (χ2v) is 0.981. The van der Waals surface area contributed by atoms with Crippen LogP contribution in [0.1, 0.15) is 0 Å². The first-order valence-corrected chi connectivity index (χ1v) is 1.91. The molecule has 0 aliphatic rings. The maximum Gasteiger partial charge on any atom is 0.280 e. The summed E-state index contributed by atoms with van der Waals surface area (Å²) in [7, 11) is 1.34. The number of hydrogen-bond acceptors (Lipinski definition) is 5. The van der Waals surface area contributed by atoms with Crippen molar-refractivity contribution in [2.75, 3.05) is 7.11 Å². The van der Waals surface area contributed by atoms with E-state index in [2.05, 4.69) is 27.2 Å². The zero-order valence-electron chi connectivity index (χ0n) is 4.50.